The summed E-state index contributed by atoms with van der Waals surface area (Å²) < 4.78 is 4.97. The second-order valence-corrected chi connectivity index (χ2v) is 4.68. The first-order chi connectivity index (χ1) is 7.04. The molecule has 1 N–H and O–H groups in total. The predicted octanol–water partition coefficient (Wildman–Crippen LogP) is 1.73. The van der Waals surface area contributed by atoms with Gasteiger partial charge in [0.2, 0.25) is 0 Å². The van der Waals surface area contributed by atoms with Crippen molar-refractivity contribution in [3.8, 4) is 0 Å². The van der Waals surface area contributed by atoms with E-state index in [9.17, 15) is 0 Å². The molecule has 0 atom stereocenters. The van der Waals surface area contributed by atoms with Crippen molar-refractivity contribution in [3.05, 3.63) is 0 Å². The van der Waals surface area contributed by atoms with Gasteiger partial charge in [-0.3, -0.25) is 0 Å². The number of ether oxygens (including phenoxy) is 1. The summed E-state index contributed by atoms with van der Waals surface area (Å²) in [4.78, 5) is 2.44. The zero-order valence-corrected chi connectivity index (χ0v) is 11.1. The van der Waals surface area contributed by atoms with Gasteiger partial charge in [-0.15, -0.1) is 0 Å². The zero-order chi connectivity index (χ0) is 11.7. The van der Waals surface area contributed by atoms with Crippen molar-refractivity contribution >= 4 is 0 Å². The molecule has 3 nitrogen and oxygen atoms in total. The number of hydrogen-bond acceptors (Lipinski definition) is 3. The van der Waals surface area contributed by atoms with Crippen molar-refractivity contribution in [1.29, 1.82) is 0 Å². The summed E-state index contributed by atoms with van der Waals surface area (Å²) in [6, 6.07) is 0. The van der Waals surface area contributed by atoms with E-state index in [4.69, 9.17) is 4.74 Å². The first kappa shape index (κ1) is 14.9. The Hall–Kier alpha value is -0.120. The third-order valence-corrected chi connectivity index (χ3v) is 3.23. The van der Waals surface area contributed by atoms with Crippen molar-refractivity contribution in [1.82, 2.24) is 10.2 Å². The van der Waals surface area contributed by atoms with Crippen LogP contribution in [0.2, 0.25) is 0 Å². The minimum atomic E-state index is 0.326. The topological polar surface area (TPSA) is 24.5 Å². The van der Waals surface area contributed by atoms with Gasteiger partial charge in [-0.1, -0.05) is 6.92 Å². The second-order valence-electron chi connectivity index (χ2n) is 4.68. The summed E-state index contributed by atoms with van der Waals surface area (Å²) in [5, 5.41) is 3.36. The van der Waals surface area contributed by atoms with Crippen molar-refractivity contribution in [2.75, 3.05) is 40.4 Å². The highest BCUT2D eigenvalue weighted by Crippen LogP contribution is 2.15. The maximum Gasteiger partial charge on any atom is 0.0587 e. The van der Waals surface area contributed by atoms with Gasteiger partial charge in [0.05, 0.1) is 6.61 Å². The van der Waals surface area contributed by atoms with E-state index < -0.39 is 0 Å². The summed E-state index contributed by atoms with van der Waals surface area (Å²) in [7, 11) is 3.94. The molecule has 0 aromatic carbocycles. The van der Waals surface area contributed by atoms with Crippen LogP contribution in [-0.2, 0) is 4.74 Å². The Labute approximate surface area is 95.2 Å². The Morgan fingerprint density at radius 1 is 1.27 bits per heavy atom. The van der Waals surface area contributed by atoms with Crippen molar-refractivity contribution in [3.63, 3.8) is 0 Å². The van der Waals surface area contributed by atoms with Crippen molar-refractivity contribution < 1.29 is 4.74 Å². The predicted molar refractivity (Wildman–Crippen MR) is 66.4 cm³/mol. The SMILES string of the molecule is CCC(C)(C)N(C)CCCNCCOC. The largest absolute Gasteiger partial charge is 0.383 e. The first-order valence-electron chi connectivity index (χ1n) is 5.95. The second kappa shape index (κ2) is 8.08. The van der Waals surface area contributed by atoms with Crippen LogP contribution in [0, 0.1) is 0 Å². The molecule has 0 aliphatic rings. The van der Waals surface area contributed by atoms with Crippen LogP contribution in [0.15, 0.2) is 0 Å². The van der Waals surface area contributed by atoms with Gasteiger partial charge in [0, 0.05) is 19.2 Å². The average molecular weight is 216 g/mol. The Balaban J connectivity index is 3.43. The van der Waals surface area contributed by atoms with Gasteiger partial charge in [0.1, 0.15) is 0 Å². The van der Waals surface area contributed by atoms with Gasteiger partial charge in [0.15, 0.2) is 0 Å². The molecule has 0 saturated heterocycles. The fraction of sp³-hybridized carbons (Fsp3) is 1.00. The van der Waals surface area contributed by atoms with Crippen LogP contribution in [-0.4, -0.2) is 50.8 Å². The molecular formula is C12H28N2O. The van der Waals surface area contributed by atoms with Crippen LogP contribution in [0.3, 0.4) is 0 Å². The van der Waals surface area contributed by atoms with Gasteiger partial charge < -0.3 is 15.0 Å². The Bertz CT molecular complexity index is 149. The fourth-order valence-corrected chi connectivity index (χ4v) is 1.31. The van der Waals surface area contributed by atoms with Gasteiger partial charge >= 0.3 is 0 Å². The summed E-state index contributed by atoms with van der Waals surface area (Å²) in [6.45, 7) is 10.8. The molecule has 15 heavy (non-hydrogen) atoms. The molecule has 3 heteroatoms. The fourth-order valence-electron chi connectivity index (χ4n) is 1.31. The molecular weight excluding hydrogens is 188 g/mol. The summed E-state index contributed by atoms with van der Waals surface area (Å²) in [5.41, 5.74) is 0.326. The number of methoxy groups -OCH3 is 1. The maximum absolute atomic E-state index is 4.97. The monoisotopic (exact) mass is 216 g/mol. The van der Waals surface area contributed by atoms with Gasteiger partial charge in [-0.05, 0) is 46.8 Å². The summed E-state index contributed by atoms with van der Waals surface area (Å²) >= 11 is 0. The standard InChI is InChI=1S/C12H28N2O/c1-6-12(2,3)14(4)10-7-8-13-9-11-15-5/h13H,6-11H2,1-5H3. The lowest BCUT2D eigenvalue weighted by Gasteiger charge is -2.34. The van der Waals surface area contributed by atoms with E-state index in [0.29, 0.717) is 5.54 Å². The lowest BCUT2D eigenvalue weighted by Crippen LogP contribution is -2.41. The van der Waals surface area contributed by atoms with Crippen molar-refractivity contribution in [2.24, 2.45) is 0 Å². The average Bonchev–Trinajstić information content (AvgIpc) is 2.22. The number of nitrogens with one attached hydrogen (secondary N) is 1. The van der Waals surface area contributed by atoms with Gasteiger partial charge in [-0.2, -0.15) is 0 Å². The molecule has 0 amide bonds. The van der Waals surface area contributed by atoms with E-state index in [1.165, 1.54) is 12.8 Å². The highest BCUT2D eigenvalue weighted by molar-refractivity contribution is 4.77. The van der Waals surface area contributed by atoms with Crippen LogP contribution < -0.4 is 5.32 Å². The Morgan fingerprint density at radius 2 is 1.93 bits per heavy atom. The van der Waals surface area contributed by atoms with Crippen molar-refractivity contribution in [2.45, 2.75) is 39.2 Å². The van der Waals surface area contributed by atoms with E-state index in [1.54, 1.807) is 7.11 Å². The van der Waals surface area contributed by atoms with Gasteiger partial charge in [0.25, 0.3) is 0 Å². The van der Waals surface area contributed by atoms with E-state index in [0.717, 1.165) is 26.2 Å². The molecule has 0 aromatic heterocycles. The molecule has 0 radical (unpaired) electrons. The van der Waals surface area contributed by atoms with Crippen LogP contribution in [0.4, 0.5) is 0 Å². The third-order valence-electron chi connectivity index (χ3n) is 3.23. The van der Waals surface area contributed by atoms with Crippen LogP contribution in [0.5, 0.6) is 0 Å². The highest BCUT2D eigenvalue weighted by Gasteiger charge is 2.19. The maximum atomic E-state index is 4.97. The quantitative estimate of drug-likeness (QED) is 0.594. The molecule has 0 spiro atoms. The number of hydrogen-bond donors (Lipinski definition) is 1. The first-order valence-corrected chi connectivity index (χ1v) is 5.95. The molecule has 0 aliphatic carbocycles. The van der Waals surface area contributed by atoms with E-state index in [-0.39, 0.29) is 0 Å². The summed E-state index contributed by atoms with van der Waals surface area (Å²) in [6.07, 6.45) is 2.39. The number of nitrogens with zero attached hydrogens (tertiary/aromatic N) is 1. The van der Waals surface area contributed by atoms with E-state index >= 15 is 0 Å². The lowest BCUT2D eigenvalue weighted by molar-refractivity contribution is 0.148. The molecule has 0 heterocycles. The molecule has 0 aromatic rings. The minimum absolute atomic E-state index is 0.326. The summed E-state index contributed by atoms with van der Waals surface area (Å²) in [5.74, 6) is 0. The van der Waals surface area contributed by atoms with Gasteiger partial charge in [-0.25, -0.2) is 0 Å². The zero-order valence-electron chi connectivity index (χ0n) is 11.1. The van der Waals surface area contributed by atoms with Crippen LogP contribution in [0.25, 0.3) is 0 Å². The molecule has 0 unspecified atom stereocenters. The normalized spacial score (nSPS) is 12.4. The van der Waals surface area contributed by atoms with Crippen LogP contribution >= 0.6 is 0 Å². The molecule has 0 aliphatic heterocycles. The molecule has 0 bridgehead atoms. The van der Waals surface area contributed by atoms with E-state index in [2.05, 4.69) is 38.0 Å². The molecule has 0 fully saturated rings. The third kappa shape index (κ3) is 6.88. The van der Waals surface area contributed by atoms with E-state index in [1.807, 2.05) is 0 Å². The van der Waals surface area contributed by atoms with Crippen LogP contribution in [0.1, 0.15) is 33.6 Å². The number of rotatable bonds is 9. The molecule has 0 saturated carbocycles. The molecule has 0 rings (SSSR count). The lowest BCUT2D eigenvalue weighted by atomic mass is 10.00. The Morgan fingerprint density at radius 3 is 2.47 bits per heavy atom. The Kier molecular flexibility index (Phi) is 8.02. The molecule has 92 valence electrons. The minimum Gasteiger partial charge on any atom is -0.383 e. The highest BCUT2D eigenvalue weighted by atomic mass is 16.5. The smallest absolute Gasteiger partial charge is 0.0587 e.